The van der Waals surface area contributed by atoms with Gasteiger partial charge in [-0.3, -0.25) is 4.79 Å². The Balaban J connectivity index is 0.00000169. The molecule has 2 aromatic rings. The number of benzene rings is 1. The van der Waals surface area contributed by atoms with Gasteiger partial charge in [0.25, 0.3) is 5.91 Å². The number of amides is 1. The van der Waals surface area contributed by atoms with Crippen LogP contribution in [0.1, 0.15) is 38.6 Å². The molecule has 1 fully saturated rings. The molecule has 3 rings (SSSR count). The zero-order chi connectivity index (χ0) is 17.2. The van der Waals surface area contributed by atoms with Crippen LogP contribution in [-0.2, 0) is 16.1 Å². The SMILES string of the molecule is CCn1c(C(C)NC(=O)C2(OC)CCNCC2)nc2ccccc21.Cl.Cl. The summed E-state index contributed by atoms with van der Waals surface area (Å²) in [7, 11) is 1.62. The molecule has 1 aliphatic heterocycles. The van der Waals surface area contributed by atoms with Gasteiger partial charge >= 0.3 is 0 Å². The van der Waals surface area contributed by atoms with Crippen molar-refractivity contribution < 1.29 is 9.53 Å². The Bertz CT molecular complexity index is 729. The molecule has 1 unspecified atom stereocenters. The molecule has 1 atom stereocenters. The molecule has 0 spiro atoms. The van der Waals surface area contributed by atoms with Gasteiger partial charge in [0.1, 0.15) is 11.4 Å². The van der Waals surface area contributed by atoms with Crippen LogP contribution in [0.5, 0.6) is 0 Å². The normalized spacial score (nSPS) is 17.0. The number of fused-ring (bicyclic) bond motifs is 1. The summed E-state index contributed by atoms with van der Waals surface area (Å²) in [6.45, 7) is 6.48. The molecule has 0 aliphatic carbocycles. The number of para-hydroxylation sites is 2. The third-order valence-electron chi connectivity index (χ3n) is 4.95. The third kappa shape index (κ3) is 4.14. The highest BCUT2D eigenvalue weighted by Gasteiger charge is 2.40. The van der Waals surface area contributed by atoms with Crippen LogP contribution in [-0.4, -0.2) is 41.3 Å². The van der Waals surface area contributed by atoms with E-state index in [1.54, 1.807) is 7.11 Å². The maximum atomic E-state index is 12.8. The van der Waals surface area contributed by atoms with E-state index in [-0.39, 0.29) is 36.8 Å². The monoisotopic (exact) mass is 402 g/mol. The number of nitrogens with zero attached hydrogens (tertiary/aromatic N) is 2. The summed E-state index contributed by atoms with van der Waals surface area (Å²) in [4.78, 5) is 17.6. The van der Waals surface area contributed by atoms with Crippen LogP contribution >= 0.6 is 24.8 Å². The Morgan fingerprint density at radius 1 is 1.35 bits per heavy atom. The lowest BCUT2D eigenvalue weighted by Gasteiger charge is -2.35. The third-order valence-corrected chi connectivity index (χ3v) is 4.95. The fraction of sp³-hybridized carbons (Fsp3) is 0.556. The summed E-state index contributed by atoms with van der Waals surface area (Å²) in [5.74, 6) is 0.834. The minimum Gasteiger partial charge on any atom is -0.368 e. The predicted octanol–water partition coefficient (Wildman–Crippen LogP) is 2.85. The van der Waals surface area contributed by atoms with Gasteiger partial charge in [-0.25, -0.2) is 4.98 Å². The first-order valence-electron chi connectivity index (χ1n) is 8.63. The molecule has 2 heterocycles. The predicted molar refractivity (Wildman–Crippen MR) is 108 cm³/mol. The average Bonchev–Trinajstić information content (AvgIpc) is 3.01. The molecule has 0 saturated carbocycles. The second kappa shape index (κ2) is 9.55. The van der Waals surface area contributed by atoms with E-state index in [0.717, 1.165) is 36.5 Å². The van der Waals surface area contributed by atoms with E-state index in [1.807, 2.05) is 25.1 Å². The van der Waals surface area contributed by atoms with Crippen molar-refractivity contribution in [1.82, 2.24) is 20.2 Å². The molecule has 0 bridgehead atoms. The van der Waals surface area contributed by atoms with Gasteiger partial charge in [-0.15, -0.1) is 24.8 Å². The minimum atomic E-state index is -0.734. The van der Waals surface area contributed by atoms with Gasteiger partial charge in [0.15, 0.2) is 0 Å². The van der Waals surface area contributed by atoms with E-state index in [4.69, 9.17) is 9.72 Å². The lowest BCUT2D eigenvalue weighted by molar-refractivity contribution is -0.147. The van der Waals surface area contributed by atoms with Gasteiger partial charge in [-0.05, 0) is 51.9 Å². The van der Waals surface area contributed by atoms with Crippen molar-refractivity contribution in [2.75, 3.05) is 20.2 Å². The molecule has 1 aromatic heterocycles. The number of ether oxygens (including phenoxy) is 1. The molecule has 1 saturated heterocycles. The zero-order valence-electron chi connectivity index (χ0n) is 15.4. The molecule has 1 amide bonds. The standard InChI is InChI=1S/C18H26N4O2.2ClH/c1-4-22-15-8-6-5-7-14(15)21-16(22)13(2)20-17(23)18(24-3)9-11-19-12-10-18;;/h5-8,13,19H,4,9-12H2,1-3H3,(H,20,23);2*1H. The number of nitrogens with one attached hydrogen (secondary N) is 2. The molecular weight excluding hydrogens is 375 g/mol. The van der Waals surface area contributed by atoms with E-state index in [0.29, 0.717) is 12.8 Å². The number of piperidine rings is 1. The van der Waals surface area contributed by atoms with Crippen LogP contribution < -0.4 is 10.6 Å². The van der Waals surface area contributed by atoms with Crippen LogP contribution in [0, 0.1) is 0 Å². The Kier molecular flexibility index (Phi) is 8.34. The second-order valence-electron chi connectivity index (χ2n) is 6.35. The first kappa shape index (κ1) is 22.7. The van der Waals surface area contributed by atoms with Crippen molar-refractivity contribution in [3.8, 4) is 0 Å². The Morgan fingerprint density at radius 2 is 2.00 bits per heavy atom. The summed E-state index contributed by atoms with van der Waals surface area (Å²) < 4.78 is 7.77. The summed E-state index contributed by atoms with van der Waals surface area (Å²) in [6.07, 6.45) is 1.37. The van der Waals surface area contributed by atoms with Gasteiger partial charge in [0, 0.05) is 13.7 Å². The van der Waals surface area contributed by atoms with Crippen molar-refractivity contribution in [1.29, 1.82) is 0 Å². The van der Waals surface area contributed by atoms with E-state index < -0.39 is 5.60 Å². The number of methoxy groups -OCH3 is 1. The summed E-state index contributed by atoms with van der Waals surface area (Å²) in [5, 5.41) is 6.39. The molecule has 0 radical (unpaired) electrons. The second-order valence-corrected chi connectivity index (χ2v) is 6.35. The summed E-state index contributed by atoms with van der Waals surface area (Å²) in [5.41, 5.74) is 1.32. The van der Waals surface area contributed by atoms with Crippen molar-refractivity contribution in [3.63, 3.8) is 0 Å². The van der Waals surface area contributed by atoms with Crippen molar-refractivity contribution >= 4 is 41.8 Å². The Morgan fingerprint density at radius 3 is 2.62 bits per heavy atom. The molecule has 26 heavy (non-hydrogen) atoms. The number of carbonyl (C=O) groups excluding carboxylic acids is 1. The quantitative estimate of drug-likeness (QED) is 0.806. The highest BCUT2D eigenvalue weighted by molar-refractivity contribution is 5.86. The summed E-state index contributed by atoms with van der Waals surface area (Å²) in [6, 6.07) is 7.89. The molecule has 1 aromatic carbocycles. The first-order valence-corrected chi connectivity index (χ1v) is 8.63. The van der Waals surface area contributed by atoms with Gasteiger partial charge < -0.3 is 19.9 Å². The maximum absolute atomic E-state index is 12.8. The molecule has 2 N–H and O–H groups in total. The van der Waals surface area contributed by atoms with Crippen LogP contribution in [0.3, 0.4) is 0 Å². The lowest BCUT2D eigenvalue weighted by Crippen LogP contribution is -2.54. The number of halogens is 2. The zero-order valence-corrected chi connectivity index (χ0v) is 17.1. The largest absolute Gasteiger partial charge is 0.368 e. The van der Waals surface area contributed by atoms with Crippen molar-refractivity contribution in [2.24, 2.45) is 0 Å². The number of imidazole rings is 1. The molecule has 6 nitrogen and oxygen atoms in total. The maximum Gasteiger partial charge on any atom is 0.252 e. The van der Waals surface area contributed by atoms with Gasteiger partial charge in [0.05, 0.1) is 17.1 Å². The van der Waals surface area contributed by atoms with Gasteiger partial charge in [-0.1, -0.05) is 12.1 Å². The van der Waals surface area contributed by atoms with E-state index in [9.17, 15) is 4.79 Å². The van der Waals surface area contributed by atoms with Crippen molar-refractivity contribution in [3.05, 3.63) is 30.1 Å². The smallest absolute Gasteiger partial charge is 0.252 e. The van der Waals surface area contributed by atoms with Crippen LogP contribution in [0.4, 0.5) is 0 Å². The highest BCUT2D eigenvalue weighted by Crippen LogP contribution is 2.25. The van der Waals surface area contributed by atoms with Gasteiger partial charge in [-0.2, -0.15) is 0 Å². The van der Waals surface area contributed by atoms with E-state index >= 15 is 0 Å². The molecule has 8 heteroatoms. The average molecular weight is 403 g/mol. The van der Waals surface area contributed by atoms with Crippen molar-refractivity contribution in [2.45, 2.75) is 44.9 Å². The summed E-state index contributed by atoms with van der Waals surface area (Å²) >= 11 is 0. The Labute approximate surface area is 166 Å². The van der Waals surface area contributed by atoms with Crippen LogP contribution in [0.15, 0.2) is 24.3 Å². The van der Waals surface area contributed by atoms with Gasteiger partial charge in [0.2, 0.25) is 0 Å². The number of hydrogen-bond donors (Lipinski definition) is 2. The number of carbonyl (C=O) groups is 1. The van der Waals surface area contributed by atoms with Crippen LogP contribution in [0.25, 0.3) is 11.0 Å². The fourth-order valence-electron chi connectivity index (χ4n) is 3.50. The minimum absolute atomic E-state index is 0. The molecule has 1 aliphatic rings. The fourth-order valence-corrected chi connectivity index (χ4v) is 3.50. The number of hydrogen-bond acceptors (Lipinski definition) is 4. The van der Waals surface area contributed by atoms with E-state index in [1.165, 1.54) is 0 Å². The number of aryl methyl sites for hydroxylation is 1. The molecular formula is C18H28Cl2N4O2. The first-order chi connectivity index (χ1) is 11.6. The Hall–Kier alpha value is -1.34. The number of rotatable bonds is 5. The van der Waals surface area contributed by atoms with E-state index in [2.05, 4.69) is 28.2 Å². The highest BCUT2D eigenvalue weighted by atomic mass is 35.5. The lowest BCUT2D eigenvalue weighted by atomic mass is 9.91. The molecule has 146 valence electrons. The van der Waals surface area contributed by atoms with Crippen LogP contribution in [0.2, 0.25) is 0 Å². The topological polar surface area (TPSA) is 68.2 Å². The number of aromatic nitrogens is 2.